The van der Waals surface area contributed by atoms with Crippen LogP contribution in [0, 0.1) is 5.92 Å². The van der Waals surface area contributed by atoms with Gasteiger partial charge in [-0.3, -0.25) is 0 Å². The molecule has 0 atom stereocenters. The van der Waals surface area contributed by atoms with E-state index in [9.17, 15) is 0 Å². The maximum atomic E-state index is 5.68. The molecule has 1 nitrogen and oxygen atoms in total. The minimum atomic E-state index is 0.668. The van der Waals surface area contributed by atoms with Crippen LogP contribution in [0.25, 0.3) is 11.1 Å². The molecule has 0 heterocycles. The van der Waals surface area contributed by atoms with E-state index >= 15 is 0 Å². The van der Waals surface area contributed by atoms with E-state index in [0.717, 1.165) is 18.3 Å². The van der Waals surface area contributed by atoms with Crippen molar-refractivity contribution in [2.75, 3.05) is 6.61 Å². The van der Waals surface area contributed by atoms with Gasteiger partial charge in [0, 0.05) is 0 Å². The molecule has 0 amide bonds. The third-order valence-corrected chi connectivity index (χ3v) is 5.90. The molecule has 1 fully saturated rings. The summed E-state index contributed by atoms with van der Waals surface area (Å²) < 4.78 is 5.68. The molecule has 0 saturated heterocycles. The number of allylic oxidation sites excluding steroid dienone is 2. The Hall–Kier alpha value is -2.12. The van der Waals surface area contributed by atoms with Crippen molar-refractivity contribution >= 4 is 0 Å². The third kappa shape index (κ3) is 5.94. The highest BCUT2D eigenvalue weighted by Gasteiger charge is 2.21. The highest BCUT2D eigenvalue weighted by Crippen LogP contribution is 2.37. The van der Waals surface area contributed by atoms with Crippen molar-refractivity contribution in [2.24, 2.45) is 5.92 Å². The summed E-state index contributed by atoms with van der Waals surface area (Å²) in [7, 11) is 0. The van der Waals surface area contributed by atoms with Gasteiger partial charge >= 0.3 is 0 Å². The van der Waals surface area contributed by atoms with Crippen molar-refractivity contribution in [3.8, 4) is 11.1 Å². The van der Waals surface area contributed by atoms with Crippen LogP contribution in [0.4, 0.5) is 0 Å². The molecule has 0 spiro atoms. The third-order valence-electron chi connectivity index (χ3n) is 5.90. The van der Waals surface area contributed by atoms with Crippen molar-refractivity contribution in [1.29, 1.82) is 0 Å². The summed E-state index contributed by atoms with van der Waals surface area (Å²) >= 11 is 0. The van der Waals surface area contributed by atoms with Crippen molar-refractivity contribution in [3.05, 3.63) is 84.5 Å². The minimum absolute atomic E-state index is 0.668. The summed E-state index contributed by atoms with van der Waals surface area (Å²) in [6.07, 6.45) is 13.9. The molecule has 1 aliphatic rings. The Balaban J connectivity index is 1.53. The fourth-order valence-corrected chi connectivity index (χ4v) is 4.19. The van der Waals surface area contributed by atoms with Gasteiger partial charge in [-0.25, -0.2) is 0 Å². The van der Waals surface area contributed by atoms with Gasteiger partial charge in [0.25, 0.3) is 0 Å². The lowest BCUT2D eigenvalue weighted by Gasteiger charge is -2.28. The normalized spacial score (nSPS) is 19.8. The quantitative estimate of drug-likeness (QED) is 0.323. The second-order valence-electron chi connectivity index (χ2n) is 7.96. The predicted octanol–water partition coefficient (Wildman–Crippen LogP) is 7.69. The van der Waals surface area contributed by atoms with Gasteiger partial charge in [-0.05, 0) is 72.6 Å². The molecular formula is C27H34O. The molecule has 148 valence electrons. The van der Waals surface area contributed by atoms with E-state index in [1.165, 1.54) is 54.4 Å². The van der Waals surface area contributed by atoms with Crippen molar-refractivity contribution in [3.63, 3.8) is 0 Å². The van der Waals surface area contributed by atoms with E-state index in [-0.39, 0.29) is 0 Å². The molecule has 0 bridgehead atoms. The van der Waals surface area contributed by atoms with Crippen LogP contribution in [0.5, 0.6) is 0 Å². The first kappa shape index (κ1) is 20.6. The SMILES string of the molecule is C=CCC1CCC(c2ccc(-c3ccc(COC/C=C/CC)cc3)cc2)CC1. The van der Waals surface area contributed by atoms with Crippen LogP contribution in [-0.2, 0) is 11.3 Å². The first-order chi connectivity index (χ1) is 13.8. The fraction of sp³-hybridized carbons (Fsp3) is 0.407. The lowest BCUT2D eigenvalue weighted by molar-refractivity contribution is 0.148. The summed E-state index contributed by atoms with van der Waals surface area (Å²) in [5.74, 6) is 1.59. The van der Waals surface area contributed by atoms with E-state index in [1.54, 1.807) is 0 Å². The number of hydrogen-bond acceptors (Lipinski definition) is 1. The molecule has 0 radical (unpaired) electrons. The Bertz CT molecular complexity index is 731. The molecule has 2 aromatic carbocycles. The summed E-state index contributed by atoms with van der Waals surface area (Å²) in [5, 5.41) is 0. The average molecular weight is 375 g/mol. The highest BCUT2D eigenvalue weighted by atomic mass is 16.5. The zero-order valence-electron chi connectivity index (χ0n) is 17.3. The predicted molar refractivity (Wildman–Crippen MR) is 120 cm³/mol. The lowest BCUT2D eigenvalue weighted by Crippen LogP contribution is -2.12. The van der Waals surface area contributed by atoms with Gasteiger partial charge in [-0.15, -0.1) is 6.58 Å². The van der Waals surface area contributed by atoms with Gasteiger partial charge < -0.3 is 4.74 Å². The molecule has 0 N–H and O–H groups in total. The van der Waals surface area contributed by atoms with Crippen LogP contribution < -0.4 is 0 Å². The summed E-state index contributed by atoms with van der Waals surface area (Å²) in [6, 6.07) is 18.0. The monoisotopic (exact) mass is 374 g/mol. The smallest absolute Gasteiger partial charge is 0.0721 e. The Morgan fingerprint density at radius 1 is 0.893 bits per heavy atom. The van der Waals surface area contributed by atoms with Crippen LogP contribution in [0.1, 0.15) is 62.5 Å². The van der Waals surface area contributed by atoms with Gasteiger partial charge in [0.05, 0.1) is 13.2 Å². The zero-order valence-corrected chi connectivity index (χ0v) is 17.3. The molecule has 0 aliphatic heterocycles. The molecule has 1 heteroatoms. The van der Waals surface area contributed by atoms with Gasteiger partial charge in [-0.1, -0.05) is 73.7 Å². The van der Waals surface area contributed by atoms with Crippen LogP contribution in [0.3, 0.4) is 0 Å². The van der Waals surface area contributed by atoms with Crippen molar-refractivity contribution < 1.29 is 4.74 Å². The Labute approximate surface area is 171 Å². The van der Waals surface area contributed by atoms with Crippen LogP contribution >= 0.6 is 0 Å². The number of rotatable bonds is 9. The van der Waals surface area contributed by atoms with Crippen molar-refractivity contribution in [1.82, 2.24) is 0 Å². The zero-order chi connectivity index (χ0) is 19.6. The van der Waals surface area contributed by atoms with Crippen LogP contribution in [0.15, 0.2) is 73.3 Å². The first-order valence-corrected chi connectivity index (χ1v) is 10.8. The maximum absolute atomic E-state index is 5.68. The number of benzene rings is 2. The topological polar surface area (TPSA) is 9.23 Å². The standard InChI is InChI=1S/C27H34O/c1-3-5-6-20-28-21-23-10-14-25(15-11-23)27-18-16-26(17-19-27)24-12-8-22(7-4-2)9-13-24/h4-6,10-11,14-19,22,24H,2-3,7-9,12-13,20-21H2,1H3/b6-5+. The van der Waals surface area contributed by atoms with Gasteiger partial charge in [0.15, 0.2) is 0 Å². The second-order valence-corrected chi connectivity index (χ2v) is 7.96. The lowest BCUT2D eigenvalue weighted by atomic mass is 9.77. The second kappa shape index (κ2) is 11.0. The van der Waals surface area contributed by atoms with E-state index in [2.05, 4.69) is 80.3 Å². The average Bonchev–Trinajstić information content (AvgIpc) is 2.75. The molecule has 28 heavy (non-hydrogen) atoms. The molecule has 0 unspecified atom stereocenters. The van der Waals surface area contributed by atoms with Crippen LogP contribution in [0.2, 0.25) is 0 Å². The van der Waals surface area contributed by atoms with Crippen LogP contribution in [-0.4, -0.2) is 6.61 Å². The minimum Gasteiger partial charge on any atom is -0.373 e. The summed E-state index contributed by atoms with van der Waals surface area (Å²) in [6.45, 7) is 7.38. The molecule has 1 aliphatic carbocycles. The van der Waals surface area contributed by atoms with Crippen molar-refractivity contribution in [2.45, 2.75) is 58.0 Å². The molecule has 2 aromatic rings. The summed E-state index contributed by atoms with van der Waals surface area (Å²) in [5.41, 5.74) is 5.30. The highest BCUT2D eigenvalue weighted by molar-refractivity contribution is 5.64. The van der Waals surface area contributed by atoms with Gasteiger partial charge in [-0.2, -0.15) is 0 Å². The number of hydrogen-bond donors (Lipinski definition) is 0. The molecule has 3 rings (SSSR count). The van der Waals surface area contributed by atoms with E-state index < -0.39 is 0 Å². The number of ether oxygens (including phenoxy) is 1. The fourth-order valence-electron chi connectivity index (χ4n) is 4.19. The van der Waals surface area contributed by atoms with E-state index in [4.69, 9.17) is 4.74 Å². The maximum Gasteiger partial charge on any atom is 0.0721 e. The van der Waals surface area contributed by atoms with E-state index in [0.29, 0.717) is 13.2 Å². The molecule has 1 saturated carbocycles. The first-order valence-electron chi connectivity index (χ1n) is 10.8. The summed E-state index contributed by atoms with van der Waals surface area (Å²) in [4.78, 5) is 0. The largest absolute Gasteiger partial charge is 0.373 e. The Morgan fingerprint density at radius 3 is 2.14 bits per heavy atom. The van der Waals surface area contributed by atoms with Gasteiger partial charge in [0.1, 0.15) is 0 Å². The Kier molecular flexibility index (Phi) is 8.11. The van der Waals surface area contributed by atoms with E-state index in [1.807, 2.05) is 0 Å². The molecule has 0 aromatic heterocycles. The molecular weight excluding hydrogens is 340 g/mol. The van der Waals surface area contributed by atoms with Gasteiger partial charge in [0.2, 0.25) is 0 Å². The Morgan fingerprint density at radius 2 is 1.54 bits per heavy atom.